The normalized spacial score (nSPS) is 27.6. The van der Waals surface area contributed by atoms with Crippen molar-refractivity contribution in [2.45, 2.75) is 17.8 Å². The number of pyridine rings is 1. The highest BCUT2D eigenvalue weighted by atomic mass is 127. The number of carboxylic acid groups (broad SMARTS) is 1. The molecule has 2 aliphatic rings. The SMILES string of the molecule is C[C@]1(N)C(=O)N2C(C(=O)[O-])=C([n+]3ccccc3)CS[C@@H]21.I. The van der Waals surface area contributed by atoms with Crippen LogP contribution in [0.5, 0.6) is 0 Å². The molecule has 0 aromatic carbocycles. The summed E-state index contributed by atoms with van der Waals surface area (Å²) in [7, 11) is 0. The summed E-state index contributed by atoms with van der Waals surface area (Å²) in [6, 6.07) is 5.42. The van der Waals surface area contributed by atoms with Crippen molar-refractivity contribution in [1.82, 2.24) is 4.90 Å². The van der Waals surface area contributed by atoms with Crippen LogP contribution in [0.1, 0.15) is 6.92 Å². The molecule has 0 unspecified atom stereocenters. The van der Waals surface area contributed by atoms with Gasteiger partial charge in [0.25, 0.3) is 5.91 Å². The summed E-state index contributed by atoms with van der Waals surface area (Å²) in [5.41, 5.74) is 5.33. The molecular weight excluding hydrogens is 405 g/mol. The fourth-order valence-electron chi connectivity index (χ4n) is 2.50. The van der Waals surface area contributed by atoms with E-state index < -0.39 is 11.5 Å². The van der Waals surface area contributed by atoms with Gasteiger partial charge in [-0.15, -0.1) is 35.7 Å². The first-order valence-electron chi connectivity index (χ1n) is 6.10. The molecule has 2 N–H and O–H groups in total. The molecule has 3 rings (SSSR count). The lowest BCUT2D eigenvalue weighted by Crippen LogP contribution is -2.77. The van der Waals surface area contributed by atoms with Gasteiger partial charge in [0.15, 0.2) is 12.4 Å². The third kappa shape index (κ3) is 2.34. The molecule has 112 valence electrons. The highest BCUT2D eigenvalue weighted by molar-refractivity contribution is 14.0. The molecule has 8 heteroatoms. The average molecular weight is 419 g/mol. The van der Waals surface area contributed by atoms with Gasteiger partial charge < -0.3 is 15.6 Å². The van der Waals surface area contributed by atoms with Gasteiger partial charge in [0.05, 0.1) is 11.7 Å². The second-order valence-corrected chi connectivity index (χ2v) is 6.06. The molecule has 1 amide bonds. The molecule has 0 radical (unpaired) electrons. The van der Waals surface area contributed by atoms with Gasteiger partial charge >= 0.3 is 0 Å². The van der Waals surface area contributed by atoms with Crippen LogP contribution in [0.3, 0.4) is 0 Å². The molecule has 0 spiro atoms. The van der Waals surface area contributed by atoms with Crippen molar-refractivity contribution in [2.75, 3.05) is 5.75 Å². The number of thioether (sulfide) groups is 1. The molecule has 6 nitrogen and oxygen atoms in total. The highest BCUT2D eigenvalue weighted by Gasteiger charge is 2.60. The number of fused-ring (bicyclic) bond motifs is 1. The molecule has 1 aromatic heterocycles. The topological polar surface area (TPSA) is 90.3 Å². The molecule has 1 saturated heterocycles. The maximum atomic E-state index is 12.1. The van der Waals surface area contributed by atoms with Crippen molar-refractivity contribution in [2.24, 2.45) is 5.73 Å². The van der Waals surface area contributed by atoms with E-state index in [1.165, 1.54) is 16.7 Å². The maximum absolute atomic E-state index is 12.1. The molecule has 3 heterocycles. The first-order chi connectivity index (χ1) is 9.44. The van der Waals surface area contributed by atoms with E-state index in [1.807, 2.05) is 6.07 Å². The van der Waals surface area contributed by atoms with Crippen LogP contribution in [-0.4, -0.2) is 33.4 Å². The summed E-state index contributed by atoms with van der Waals surface area (Å²) in [5.74, 6) is -1.28. The number of rotatable bonds is 2. The quantitative estimate of drug-likeness (QED) is 0.383. The number of hydrogen-bond acceptors (Lipinski definition) is 5. The molecule has 2 atom stereocenters. The van der Waals surface area contributed by atoms with Crippen molar-refractivity contribution in [1.29, 1.82) is 0 Å². The Balaban J connectivity index is 0.00000161. The Labute approximate surface area is 143 Å². The van der Waals surface area contributed by atoms with E-state index in [0.29, 0.717) is 11.4 Å². The number of aliphatic carboxylic acids is 1. The standard InChI is InChI=1S/C13H13N3O3S.HI/c1-13(14)11(19)16-9(10(17)18)8(7-20-12(13)16)15-5-3-2-4-6-15;/h2-6,12H,7,14H2,1H3;1H/t12-,13+;/m1./s1. The number of carboxylic acids is 1. The van der Waals surface area contributed by atoms with E-state index >= 15 is 0 Å². The number of nitrogens with zero attached hydrogens (tertiary/aromatic N) is 2. The molecule has 2 aliphatic heterocycles. The van der Waals surface area contributed by atoms with Crippen LogP contribution in [-0.2, 0) is 9.59 Å². The minimum atomic E-state index is -1.36. The Morgan fingerprint density at radius 2 is 2.10 bits per heavy atom. The van der Waals surface area contributed by atoms with E-state index in [9.17, 15) is 14.7 Å². The van der Waals surface area contributed by atoms with Gasteiger partial charge in [-0.25, -0.2) is 0 Å². The smallest absolute Gasteiger partial charge is 0.251 e. The first kappa shape index (κ1) is 16.2. The fraction of sp³-hybridized carbons (Fsp3) is 0.308. The molecule has 21 heavy (non-hydrogen) atoms. The van der Waals surface area contributed by atoms with Crippen LogP contribution in [0.15, 0.2) is 36.3 Å². The van der Waals surface area contributed by atoms with Crippen LogP contribution in [0.25, 0.3) is 5.70 Å². The molecule has 1 aromatic rings. The summed E-state index contributed by atoms with van der Waals surface area (Å²) < 4.78 is 1.69. The third-order valence-electron chi connectivity index (χ3n) is 3.54. The van der Waals surface area contributed by atoms with E-state index in [1.54, 1.807) is 36.0 Å². The van der Waals surface area contributed by atoms with E-state index in [4.69, 9.17) is 5.73 Å². The van der Waals surface area contributed by atoms with E-state index in [-0.39, 0.29) is 41.0 Å². The second-order valence-electron chi connectivity index (χ2n) is 4.99. The molecular formula is C13H14IN3O3S. The van der Waals surface area contributed by atoms with Gasteiger partial charge in [-0.1, -0.05) is 6.07 Å². The number of hydrogen-bond donors (Lipinski definition) is 1. The van der Waals surface area contributed by atoms with Crippen molar-refractivity contribution in [3.05, 3.63) is 36.3 Å². The largest absolute Gasteiger partial charge is 0.543 e. The monoisotopic (exact) mass is 419 g/mol. The lowest BCUT2D eigenvalue weighted by molar-refractivity contribution is -0.582. The number of halogens is 1. The third-order valence-corrected chi connectivity index (χ3v) is 5.00. The fourth-order valence-corrected chi connectivity index (χ4v) is 3.90. The summed E-state index contributed by atoms with van der Waals surface area (Å²) in [6.07, 6.45) is 3.48. The van der Waals surface area contributed by atoms with Crippen LogP contribution in [0.4, 0.5) is 0 Å². The van der Waals surface area contributed by atoms with Crippen LogP contribution >= 0.6 is 35.7 Å². The predicted octanol–water partition coefficient (Wildman–Crippen LogP) is -0.857. The zero-order valence-electron chi connectivity index (χ0n) is 11.2. The highest BCUT2D eigenvalue weighted by Crippen LogP contribution is 2.44. The van der Waals surface area contributed by atoms with Gasteiger partial charge in [0.1, 0.15) is 16.6 Å². The average Bonchev–Trinajstić information content (AvgIpc) is 2.46. The van der Waals surface area contributed by atoms with Crippen molar-refractivity contribution < 1.29 is 19.3 Å². The Kier molecular flexibility index (Phi) is 4.31. The van der Waals surface area contributed by atoms with Crippen molar-refractivity contribution in [3.63, 3.8) is 0 Å². The summed E-state index contributed by atoms with van der Waals surface area (Å²) in [5, 5.41) is 11.1. The van der Waals surface area contributed by atoms with E-state index in [2.05, 4.69) is 0 Å². The van der Waals surface area contributed by atoms with Crippen molar-refractivity contribution in [3.8, 4) is 0 Å². The number of carbonyl (C=O) groups excluding carboxylic acids is 2. The minimum absolute atomic E-state index is 0. The molecule has 0 bridgehead atoms. The van der Waals surface area contributed by atoms with Gasteiger partial charge in [-0.2, -0.15) is 4.57 Å². The Hall–Kier alpha value is -1.13. The molecule has 0 aliphatic carbocycles. The van der Waals surface area contributed by atoms with E-state index in [0.717, 1.165) is 0 Å². The zero-order chi connectivity index (χ0) is 14.5. The lowest BCUT2D eigenvalue weighted by Gasteiger charge is -2.53. The molecule has 1 fully saturated rings. The maximum Gasteiger partial charge on any atom is 0.251 e. The second kappa shape index (κ2) is 5.58. The van der Waals surface area contributed by atoms with Gasteiger partial charge in [-0.05, 0) is 6.92 Å². The minimum Gasteiger partial charge on any atom is -0.543 e. The van der Waals surface area contributed by atoms with Crippen LogP contribution < -0.4 is 15.4 Å². The van der Waals surface area contributed by atoms with Crippen LogP contribution in [0, 0.1) is 0 Å². The summed E-state index contributed by atoms with van der Waals surface area (Å²) >= 11 is 1.46. The lowest BCUT2D eigenvalue weighted by atomic mass is 9.90. The zero-order valence-corrected chi connectivity index (χ0v) is 14.3. The van der Waals surface area contributed by atoms with Gasteiger partial charge in [0, 0.05) is 12.1 Å². The number of amides is 1. The van der Waals surface area contributed by atoms with Gasteiger partial charge in [-0.3, -0.25) is 9.69 Å². The van der Waals surface area contributed by atoms with Crippen molar-refractivity contribution >= 4 is 53.3 Å². The number of β-lactam (4-membered cyclic amide) rings is 1. The van der Waals surface area contributed by atoms with Gasteiger partial charge in [0.2, 0.25) is 5.70 Å². The first-order valence-corrected chi connectivity index (χ1v) is 7.15. The summed E-state index contributed by atoms with van der Waals surface area (Å²) in [6.45, 7) is 1.62. The predicted molar refractivity (Wildman–Crippen MR) is 86.0 cm³/mol. The Bertz CT molecular complexity index is 633. The number of carbonyl (C=O) groups is 2. The Morgan fingerprint density at radius 3 is 2.67 bits per heavy atom. The van der Waals surface area contributed by atoms with Crippen LogP contribution in [0.2, 0.25) is 0 Å². The number of aromatic nitrogens is 1. The Morgan fingerprint density at radius 1 is 1.48 bits per heavy atom. The molecule has 0 saturated carbocycles. The number of nitrogens with two attached hydrogens (primary N) is 1. The summed E-state index contributed by atoms with van der Waals surface area (Å²) in [4.78, 5) is 24.8.